The summed E-state index contributed by atoms with van der Waals surface area (Å²) in [6, 6.07) is 3.14. The van der Waals surface area contributed by atoms with Gasteiger partial charge in [0.2, 0.25) is 11.8 Å². The number of hydrogen-bond acceptors (Lipinski definition) is 12. The SMILES string of the molecule is COC1CCC(C(=O)N2CC3(C2)CN(c2ncnc4sc(CC(F)(F)F)cc24)C3)CC1.COC1CCC(C(=O)N2CC3(C2)CN(c2ncnc4sc(CC(F)(F)F)cc24)C3)CC1. The number of amides is 2. The second-order valence-corrected chi connectivity index (χ2v) is 20.6. The second kappa shape index (κ2) is 16.6. The van der Waals surface area contributed by atoms with E-state index in [-0.39, 0.29) is 56.4 Å². The van der Waals surface area contributed by atoms with Gasteiger partial charge in [-0.1, -0.05) is 0 Å². The first kappa shape index (κ1) is 43.4. The van der Waals surface area contributed by atoms with E-state index in [1.54, 1.807) is 26.4 Å². The maximum Gasteiger partial charge on any atom is 0.393 e. The minimum absolute atomic E-state index is 0.0848. The van der Waals surface area contributed by atoms with E-state index in [0.29, 0.717) is 32.1 Å². The van der Waals surface area contributed by atoms with Crippen molar-refractivity contribution >= 4 is 66.6 Å². The topological polar surface area (TPSA) is 117 Å². The van der Waals surface area contributed by atoms with Crippen molar-refractivity contribution in [3.8, 4) is 0 Å². The number of halogens is 6. The van der Waals surface area contributed by atoms with E-state index in [2.05, 4.69) is 29.7 Å². The van der Waals surface area contributed by atoms with Crippen LogP contribution in [0.2, 0.25) is 0 Å². The van der Waals surface area contributed by atoms with E-state index in [4.69, 9.17) is 9.47 Å². The van der Waals surface area contributed by atoms with Crippen LogP contribution in [0, 0.1) is 22.7 Å². The van der Waals surface area contributed by atoms with Gasteiger partial charge in [0.1, 0.15) is 34.0 Å². The predicted molar refractivity (Wildman–Crippen MR) is 222 cm³/mol. The second-order valence-electron chi connectivity index (χ2n) is 18.4. The molecule has 0 aromatic carbocycles. The molecular weight excluding hydrogens is 859 g/mol. The zero-order valence-electron chi connectivity index (χ0n) is 34.6. The number of likely N-dealkylation sites (tertiary alicyclic amines) is 2. The van der Waals surface area contributed by atoms with Crippen LogP contribution in [-0.4, -0.2) is 133 Å². The zero-order chi connectivity index (χ0) is 43.6. The monoisotopic (exact) mass is 908 g/mol. The quantitative estimate of drug-likeness (QED) is 0.167. The lowest BCUT2D eigenvalue weighted by molar-refractivity contribution is -0.152. The molecule has 4 aliphatic heterocycles. The summed E-state index contributed by atoms with van der Waals surface area (Å²) in [6.07, 6.45) is 0.398. The molecule has 6 fully saturated rings. The summed E-state index contributed by atoms with van der Waals surface area (Å²) >= 11 is 2.14. The van der Waals surface area contributed by atoms with Crippen LogP contribution in [0.25, 0.3) is 20.4 Å². The third-order valence-electron chi connectivity index (χ3n) is 13.6. The molecule has 4 saturated heterocycles. The first-order valence-electron chi connectivity index (χ1n) is 21.2. The fraction of sp³-hybridized carbons (Fsp3) is 0.667. The summed E-state index contributed by atoms with van der Waals surface area (Å²) in [5, 5.41) is 1.37. The van der Waals surface area contributed by atoms with Gasteiger partial charge in [0.15, 0.2) is 0 Å². The number of carbonyl (C=O) groups is 2. The number of hydrogen-bond donors (Lipinski definition) is 0. The van der Waals surface area contributed by atoms with Crippen molar-refractivity contribution in [1.82, 2.24) is 29.7 Å². The van der Waals surface area contributed by atoms with Crippen LogP contribution in [0.4, 0.5) is 38.0 Å². The van der Waals surface area contributed by atoms with Gasteiger partial charge < -0.3 is 29.1 Å². The highest BCUT2D eigenvalue weighted by molar-refractivity contribution is 7.19. The van der Waals surface area contributed by atoms with E-state index in [1.807, 2.05) is 9.80 Å². The van der Waals surface area contributed by atoms with Crippen LogP contribution in [0.3, 0.4) is 0 Å². The van der Waals surface area contributed by atoms with Gasteiger partial charge in [-0.25, -0.2) is 19.9 Å². The Hall–Kier alpha value is -3.88. The summed E-state index contributed by atoms with van der Waals surface area (Å²) in [5.74, 6) is 2.14. The van der Waals surface area contributed by atoms with E-state index < -0.39 is 25.2 Å². The Morgan fingerprint density at radius 2 is 0.952 bits per heavy atom. The van der Waals surface area contributed by atoms with Crippen molar-refractivity contribution in [2.45, 2.75) is 88.8 Å². The summed E-state index contributed by atoms with van der Waals surface area (Å²) in [4.78, 5) is 52.4. The summed E-state index contributed by atoms with van der Waals surface area (Å²) in [6.45, 7) is 6.09. The van der Waals surface area contributed by atoms with Crippen LogP contribution < -0.4 is 9.80 Å². The molecule has 20 heteroatoms. The highest BCUT2D eigenvalue weighted by Gasteiger charge is 2.56. The number of fused-ring (bicyclic) bond motifs is 2. The number of anilines is 2. The van der Waals surface area contributed by atoms with E-state index in [9.17, 15) is 35.9 Å². The van der Waals surface area contributed by atoms with Crippen LogP contribution in [0.5, 0.6) is 0 Å². The predicted octanol–water partition coefficient (Wildman–Crippen LogP) is 7.30. The number of aromatic nitrogens is 4. The van der Waals surface area contributed by atoms with E-state index >= 15 is 0 Å². The van der Waals surface area contributed by atoms with Crippen molar-refractivity contribution in [2.24, 2.45) is 22.7 Å². The molecule has 8 heterocycles. The number of rotatable bonds is 8. The summed E-state index contributed by atoms with van der Waals surface area (Å²) in [7, 11) is 3.46. The van der Waals surface area contributed by atoms with Gasteiger partial charge in [-0.05, 0) is 63.5 Å². The molecule has 0 unspecified atom stereocenters. The Balaban J connectivity index is 0.000000158. The molecule has 0 bridgehead atoms. The Kier molecular flexibility index (Phi) is 11.6. The Morgan fingerprint density at radius 1 is 0.597 bits per heavy atom. The number of carbonyl (C=O) groups excluding carboxylic acids is 2. The minimum atomic E-state index is -4.24. The van der Waals surface area contributed by atoms with Crippen molar-refractivity contribution in [2.75, 3.05) is 76.4 Å². The fourth-order valence-electron chi connectivity index (χ4n) is 10.5. The molecule has 6 aliphatic rings. The average Bonchev–Trinajstić information content (AvgIpc) is 3.77. The molecule has 62 heavy (non-hydrogen) atoms. The van der Waals surface area contributed by atoms with Gasteiger partial charge in [0.05, 0.1) is 35.8 Å². The molecule has 0 atom stereocenters. The smallest absolute Gasteiger partial charge is 0.381 e. The third-order valence-corrected chi connectivity index (χ3v) is 15.7. The van der Waals surface area contributed by atoms with Gasteiger partial charge in [-0.15, -0.1) is 22.7 Å². The van der Waals surface area contributed by atoms with Crippen LogP contribution in [0.1, 0.15) is 61.1 Å². The molecule has 10 rings (SSSR count). The average molecular weight is 909 g/mol. The zero-order valence-corrected chi connectivity index (χ0v) is 36.3. The van der Waals surface area contributed by atoms with E-state index in [1.165, 1.54) is 12.7 Å². The lowest BCUT2D eigenvalue weighted by Crippen LogP contribution is -2.73. The highest BCUT2D eigenvalue weighted by Crippen LogP contribution is 2.47. The Labute approximate surface area is 363 Å². The molecule has 2 amide bonds. The van der Waals surface area contributed by atoms with Gasteiger partial charge in [-0.2, -0.15) is 26.3 Å². The van der Waals surface area contributed by atoms with Gasteiger partial charge in [-0.3, -0.25) is 9.59 Å². The lowest BCUT2D eigenvalue weighted by atomic mass is 9.71. The maximum absolute atomic E-state index is 12.8. The van der Waals surface area contributed by atoms with Crippen molar-refractivity contribution in [3.05, 3.63) is 34.5 Å². The summed E-state index contributed by atoms with van der Waals surface area (Å²) < 4.78 is 87.3. The molecule has 0 radical (unpaired) electrons. The van der Waals surface area contributed by atoms with Crippen molar-refractivity contribution in [1.29, 1.82) is 0 Å². The molecule has 12 nitrogen and oxygen atoms in total. The molecule has 336 valence electrons. The normalized spacial score (nSPS) is 25.5. The Morgan fingerprint density at radius 3 is 1.27 bits per heavy atom. The molecule has 0 N–H and O–H groups in total. The fourth-order valence-corrected chi connectivity index (χ4v) is 12.6. The third kappa shape index (κ3) is 8.94. The molecule has 2 spiro atoms. The first-order chi connectivity index (χ1) is 29.5. The highest BCUT2D eigenvalue weighted by atomic mass is 32.1. The van der Waals surface area contributed by atoms with Crippen LogP contribution >= 0.6 is 22.7 Å². The minimum Gasteiger partial charge on any atom is -0.381 e. The maximum atomic E-state index is 12.8. The standard InChI is InChI=1S/2C21H25F3N4O2S/c2*1-30-14-4-2-13(3-5-14)19(29)28-10-20(11-28)8-27(9-20)17-16-6-15(7-21(22,23)24)31-18(16)26-12-25-17/h2*6,12-14H,2-5,7-11H2,1H3. The number of methoxy groups -OCH3 is 2. The molecule has 2 saturated carbocycles. The van der Waals surface area contributed by atoms with Gasteiger partial charge >= 0.3 is 12.4 Å². The molecular formula is C42H50F6N8O4S2. The number of alkyl halides is 6. The number of thiophene rings is 2. The Bertz CT molecular complexity index is 2100. The molecule has 2 aliphatic carbocycles. The molecule has 4 aromatic rings. The lowest BCUT2D eigenvalue weighted by Gasteiger charge is -2.61. The number of ether oxygens (including phenoxy) is 2. The van der Waals surface area contributed by atoms with Crippen LogP contribution in [0.15, 0.2) is 24.8 Å². The van der Waals surface area contributed by atoms with E-state index in [0.717, 1.165) is 126 Å². The first-order valence-corrected chi connectivity index (χ1v) is 22.9. The van der Waals surface area contributed by atoms with Crippen molar-refractivity contribution in [3.63, 3.8) is 0 Å². The molecule has 4 aromatic heterocycles. The number of nitrogens with zero attached hydrogens (tertiary/aromatic N) is 8. The van der Waals surface area contributed by atoms with Gasteiger partial charge in [0.25, 0.3) is 0 Å². The largest absolute Gasteiger partial charge is 0.393 e. The van der Waals surface area contributed by atoms with Crippen LogP contribution in [-0.2, 0) is 31.9 Å². The van der Waals surface area contributed by atoms with Gasteiger partial charge in [0, 0.05) is 99.0 Å². The van der Waals surface area contributed by atoms with Crippen molar-refractivity contribution < 1.29 is 45.4 Å². The summed E-state index contributed by atoms with van der Waals surface area (Å²) in [5.41, 5.74) is 0.170.